The van der Waals surface area contributed by atoms with Crippen LogP contribution in [0.15, 0.2) is 12.2 Å². The van der Waals surface area contributed by atoms with Gasteiger partial charge in [0.15, 0.2) is 0 Å². The number of carbonyl (C=O) groups is 1. The van der Waals surface area contributed by atoms with Crippen LogP contribution in [-0.2, 0) is 4.79 Å². The molecule has 0 spiro atoms. The van der Waals surface area contributed by atoms with Crippen molar-refractivity contribution in [3.8, 4) is 0 Å². The number of alkyl halides is 2. The molecule has 15 heavy (non-hydrogen) atoms. The quantitative estimate of drug-likeness (QED) is 0.435. The fourth-order valence-electron chi connectivity index (χ4n) is 2.08. The van der Waals surface area contributed by atoms with Crippen LogP contribution in [0.1, 0.15) is 6.42 Å². The van der Waals surface area contributed by atoms with Gasteiger partial charge in [0.05, 0.1) is 6.04 Å². The topological polar surface area (TPSA) is 23.6 Å². The van der Waals surface area contributed by atoms with Crippen LogP contribution in [-0.4, -0.2) is 45.5 Å². The molecule has 2 fully saturated rings. The zero-order valence-corrected chi connectivity index (χ0v) is 10.1. The molecule has 0 bridgehead atoms. The van der Waals surface area contributed by atoms with Gasteiger partial charge >= 0.3 is 0 Å². The summed E-state index contributed by atoms with van der Waals surface area (Å²) in [5.41, 5.74) is 0. The maximum absolute atomic E-state index is 11.9. The van der Waals surface area contributed by atoms with Gasteiger partial charge < -0.3 is 4.90 Å². The van der Waals surface area contributed by atoms with Crippen LogP contribution in [0.5, 0.6) is 0 Å². The number of allylic oxidation sites excluding steroid dienone is 1. The lowest BCUT2D eigenvalue weighted by Gasteiger charge is -2.42. The molecule has 2 aliphatic rings. The normalized spacial score (nSPS) is 31.1. The first kappa shape index (κ1) is 11.3. The van der Waals surface area contributed by atoms with Gasteiger partial charge in [-0.05, 0) is 12.5 Å². The average molecular weight is 328 g/mol. The summed E-state index contributed by atoms with van der Waals surface area (Å²) in [6.45, 7) is 1.53. The second-order valence-corrected chi connectivity index (χ2v) is 4.97. The Morgan fingerprint density at radius 1 is 1.47 bits per heavy atom. The van der Waals surface area contributed by atoms with E-state index in [-0.39, 0.29) is 11.9 Å². The van der Waals surface area contributed by atoms with Crippen LogP contribution >= 0.6 is 22.9 Å². The van der Waals surface area contributed by atoms with Crippen molar-refractivity contribution in [2.75, 3.05) is 13.1 Å². The molecule has 2 rings (SSSR count). The predicted molar refractivity (Wildman–Crippen MR) is 59.8 cm³/mol. The molecule has 0 radical (unpaired) electrons. The van der Waals surface area contributed by atoms with E-state index >= 15 is 0 Å². The molecule has 6 heteroatoms. The molecule has 2 aliphatic heterocycles. The molecule has 1 amide bonds. The lowest BCUT2D eigenvalue weighted by Crippen LogP contribution is -2.58. The van der Waals surface area contributed by atoms with Gasteiger partial charge in [-0.2, -0.15) is 0 Å². The number of hydrogen-bond donors (Lipinski definition) is 0. The zero-order chi connectivity index (χ0) is 11.0. The van der Waals surface area contributed by atoms with Crippen LogP contribution < -0.4 is 0 Å². The van der Waals surface area contributed by atoms with Crippen molar-refractivity contribution in [2.45, 2.75) is 24.9 Å². The van der Waals surface area contributed by atoms with Crippen LogP contribution in [0.2, 0.25) is 0 Å². The Hall–Kier alpha value is -0.240. The number of likely N-dealkylation sites (tertiary alicyclic amines) is 1. The largest absolute Gasteiger partial charge is 0.333 e. The third-order valence-electron chi connectivity index (χ3n) is 2.90. The maximum atomic E-state index is 11.9. The summed E-state index contributed by atoms with van der Waals surface area (Å²) in [6, 6.07) is 0.659. The summed E-state index contributed by atoms with van der Waals surface area (Å²) in [6.07, 6.45) is 0.0378. The molecule has 2 heterocycles. The number of nitrogens with zero attached hydrogens (tertiary/aromatic N) is 2. The Balaban J connectivity index is 1.93. The Morgan fingerprint density at radius 3 is 2.73 bits per heavy atom. The Morgan fingerprint density at radius 2 is 2.20 bits per heavy atom. The molecular weight excluding hydrogens is 317 g/mol. The Labute approximate surface area is 101 Å². The van der Waals surface area contributed by atoms with Gasteiger partial charge in [0.2, 0.25) is 5.91 Å². The lowest BCUT2D eigenvalue weighted by atomic mass is 10.0. The van der Waals surface area contributed by atoms with E-state index < -0.39 is 6.43 Å². The third-order valence-corrected chi connectivity index (χ3v) is 4.01. The molecule has 0 aromatic rings. The van der Waals surface area contributed by atoms with Crippen LogP contribution in [0, 0.1) is 0 Å². The molecule has 0 saturated carbocycles. The van der Waals surface area contributed by atoms with Crippen molar-refractivity contribution in [3.63, 3.8) is 0 Å². The van der Waals surface area contributed by atoms with Crippen molar-refractivity contribution < 1.29 is 13.6 Å². The Bertz CT molecular complexity index is 298. The average Bonchev–Trinajstić information content (AvgIpc) is 2.51. The van der Waals surface area contributed by atoms with Gasteiger partial charge in [0, 0.05) is 48.1 Å². The van der Waals surface area contributed by atoms with Crippen molar-refractivity contribution in [1.82, 2.24) is 8.01 Å². The molecule has 0 aliphatic carbocycles. The monoisotopic (exact) mass is 328 g/mol. The van der Waals surface area contributed by atoms with E-state index in [2.05, 4.69) is 26.0 Å². The van der Waals surface area contributed by atoms with E-state index in [1.165, 1.54) is 0 Å². The highest BCUT2D eigenvalue weighted by molar-refractivity contribution is 14.1. The first-order valence-electron chi connectivity index (χ1n) is 4.79. The zero-order valence-electron chi connectivity index (χ0n) is 7.94. The van der Waals surface area contributed by atoms with Crippen LogP contribution in [0.4, 0.5) is 8.78 Å². The van der Waals surface area contributed by atoms with Gasteiger partial charge in [-0.1, -0.05) is 0 Å². The van der Waals surface area contributed by atoms with Crippen LogP contribution in [0.3, 0.4) is 0 Å². The van der Waals surface area contributed by atoms with Crippen LogP contribution in [0.25, 0.3) is 0 Å². The van der Waals surface area contributed by atoms with E-state index in [0.29, 0.717) is 18.7 Å². The molecule has 2 atom stereocenters. The third kappa shape index (κ3) is 2.15. The molecule has 2 unspecified atom stereocenters. The predicted octanol–water partition coefficient (Wildman–Crippen LogP) is 1.44. The van der Waals surface area contributed by atoms with Gasteiger partial charge in [-0.25, -0.2) is 11.9 Å². The number of rotatable bonds is 2. The van der Waals surface area contributed by atoms with Gasteiger partial charge in [-0.3, -0.25) is 4.79 Å². The molecule has 2 saturated heterocycles. The molecule has 0 N–H and O–H groups in total. The molecule has 3 nitrogen and oxygen atoms in total. The number of fused-ring (bicyclic) bond motifs is 1. The highest BCUT2D eigenvalue weighted by Gasteiger charge is 2.47. The number of amides is 1. The summed E-state index contributed by atoms with van der Waals surface area (Å²) < 4.78 is 25.9. The van der Waals surface area contributed by atoms with E-state index in [1.54, 1.807) is 4.90 Å². The number of halogens is 3. The maximum Gasteiger partial charge on any atom is 0.257 e. The number of carbonyl (C=O) groups excluding carboxylic acids is 1. The van der Waals surface area contributed by atoms with E-state index in [9.17, 15) is 13.6 Å². The minimum absolute atomic E-state index is 0.233. The first-order chi connectivity index (χ1) is 7.09. The van der Waals surface area contributed by atoms with E-state index in [1.807, 2.05) is 0 Å². The Kier molecular flexibility index (Phi) is 3.24. The lowest BCUT2D eigenvalue weighted by molar-refractivity contribution is -0.128. The van der Waals surface area contributed by atoms with Gasteiger partial charge in [0.25, 0.3) is 6.43 Å². The summed E-state index contributed by atoms with van der Waals surface area (Å²) >= 11 is 2.23. The van der Waals surface area contributed by atoms with Crippen molar-refractivity contribution >= 4 is 28.8 Å². The smallest absolute Gasteiger partial charge is 0.257 e. The van der Waals surface area contributed by atoms with Crippen molar-refractivity contribution in [1.29, 1.82) is 0 Å². The minimum Gasteiger partial charge on any atom is -0.333 e. The van der Waals surface area contributed by atoms with Gasteiger partial charge in [-0.15, -0.1) is 0 Å². The molecular formula is C9H11F2IN2O. The first-order valence-corrected chi connectivity index (χ1v) is 5.75. The highest BCUT2D eigenvalue weighted by atomic mass is 127. The molecule has 0 aromatic carbocycles. The van der Waals surface area contributed by atoms with Gasteiger partial charge in [0.1, 0.15) is 0 Å². The second kappa shape index (κ2) is 4.32. The molecule has 84 valence electrons. The summed E-state index contributed by atoms with van der Waals surface area (Å²) in [5, 5.41) is 0. The summed E-state index contributed by atoms with van der Waals surface area (Å²) in [7, 11) is 0. The second-order valence-electron chi connectivity index (χ2n) is 3.73. The van der Waals surface area contributed by atoms with E-state index in [0.717, 1.165) is 19.0 Å². The summed E-state index contributed by atoms with van der Waals surface area (Å²) in [4.78, 5) is 13.2. The molecule has 0 aromatic heterocycles. The fourth-order valence-corrected chi connectivity index (χ4v) is 3.14. The number of hydrogen-bond acceptors (Lipinski definition) is 2. The SMILES string of the molecule is O=C(/C=C/C(F)F)N1CCC2C1CN2I. The highest BCUT2D eigenvalue weighted by Crippen LogP contribution is 2.34. The van der Waals surface area contributed by atoms with E-state index in [4.69, 9.17) is 0 Å². The standard InChI is InChI=1S/C9H11F2IN2O/c10-8(11)1-2-9(15)13-4-3-6-7(13)5-14(6)12/h1-2,6-8H,3-5H2/b2-1+. The fraction of sp³-hybridized carbons (Fsp3) is 0.667. The minimum atomic E-state index is -2.55. The van der Waals surface area contributed by atoms with Crippen molar-refractivity contribution in [2.24, 2.45) is 0 Å². The van der Waals surface area contributed by atoms with Crippen molar-refractivity contribution in [3.05, 3.63) is 12.2 Å². The summed E-state index contributed by atoms with van der Waals surface area (Å²) in [5.74, 6) is -0.285.